The largest absolute Gasteiger partial charge is 0.384 e. The summed E-state index contributed by atoms with van der Waals surface area (Å²) in [4.78, 5) is 4.37. The van der Waals surface area contributed by atoms with Gasteiger partial charge in [-0.1, -0.05) is 36.4 Å². The Balaban J connectivity index is 2.04. The van der Waals surface area contributed by atoms with Gasteiger partial charge in [-0.3, -0.25) is 5.41 Å². The molecule has 3 N–H and O–H groups in total. The summed E-state index contributed by atoms with van der Waals surface area (Å²) in [5.74, 6) is 0.0972. The summed E-state index contributed by atoms with van der Waals surface area (Å²) < 4.78 is 2.07. The highest BCUT2D eigenvalue weighted by Crippen LogP contribution is 2.16. The van der Waals surface area contributed by atoms with Gasteiger partial charge in [0.15, 0.2) is 0 Å². The van der Waals surface area contributed by atoms with E-state index in [2.05, 4.69) is 9.55 Å². The van der Waals surface area contributed by atoms with Crippen LogP contribution in [-0.2, 0) is 6.54 Å². The number of amidine groups is 1. The summed E-state index contributed by atoms with van der Waals surface area (Å²) in [5, 5.41) is 7.62. The Bertz CT molecular complexity index is 742. The molecule has 4 nitrogen and oxygen atoms in total. The van der Waals surface area contributed by atoms with Gasteiger partial charge in [0.2, 0.25) is 0 Å². The van der Waals surface area contributed by atoms with Crippen molar-refractivity contribution in [3.05, 3.63) is 66.0 Å². The van der Waals surface area contributed by atoms with Crippen LogP contribution in [0.2, 0.25) is 0 Å². The Hall–Kier alpha value is -2.62. The number of nitrogens with two attached hydrogens (primary N) is 1. The second-order valence-electron chi connectivity index (χ2n) is 4.43. The summed E-state index contributed by atoms with van der Waals surface area (Å²) in [5.41, 5.74) is 9.48. The maximum absolute atomic E-state index is 7.62. The van der Waals surface area contributed by atoms with E-state index in [1.165, 1.54) is 0 Å². The number of benzene rings is 2. The highest BCUT2D eigenvalue weighted by Gasteiger charge is 2.07. The summed E-state index contributed by atoms with van der Waals surface area (Å²) in [6, 6.07) is 15.7. The summed E-state index contributed by atoms with van der Waals surface area (Å²) in [7, 11) is 0. The van der Waals surface area contributed by atoms with Gasteiger partial charge in [-0.2, -0.15) is 0 Å². The average Bonchev–Trinajstić information content (AvgIpc) is 2.83. The number of nitrogens with zero attached hydrogens (tertiary/aromatic N) is 2. The van der Waals surface area contributed by atoms with Crippen molar-refractivity contribution in [2.75, 3.05) is 0 Å². The van der Waals surface area contributed by atoms with Crippen LogP contribution in [0.1, 0.15) is 11.1 Å². The number of fused-ring (bicyclic) bond motifs is 1. The molecule has 0 aliphatic carbocycles. The van der Waals surface area contributed by atoms with E-state index >= 15 is 0 Å². The molecule has 0 bridgehead atoms. The predicted octanol–water partition coefficient (Wildman–Crippen LogP) is 2.37. The zero-order chi connectivity index (χ0) is 13.2. The first kappa shape index (κ1) is 11.5. The van der Waals surface area contributed by atoms with Crippen molar-refractivity contribution in [3.8, 4) is 0 Å². The molecule has 0 atom stereocenters. The SMILES string of the molecule is N=C(N)c1ccccc1Cn1cnc2ccccc21. The van der Waals surface area contributed by atoms with E-state index in [4.69, 9.17) is 11.1 Å². The van der Waals surface area contributed by atoms with Gasteiger partial charge in [-0.15, -0.1) is 0 Å². The number of aromatic nitrogens is 2. The molecule has 4 heteroatoms. The number of para-hydroxylation sites is 2. The topological polar surface area (TPSA) is 67.7 Å². The molecule has 0 saturated heterocycles. The van der Waals surface area contributed by atoms with Crippen LogP contribution in [0.4, 0.5) is 0 Å². The number of nitrogens with one attached hydrogen (secondary N) is 1. The van der Waals surface area contributed by atoms with Gasteiger partial charge >= 0.3 is 0 Å². The monoisotopic (exact) mass is 250 g/mol. The fraction of sp³-hybridized carbons (Fsp3) is 0.0667. The van der Waals surface area contributed by atoms with Crippen LogP contribution in [0.25, 0.3) is 11.0 Å². The summed E-state index contributed by atoms with van der Waals surface area (Å²) in [6.07, 6.45) is 1.82. The van der Waals surface area contributed by atoms with Gasteiger partial charge in [-0.05, 0) is 17.7 Å². The molecule has 0 spiro atoms. The van der Waals surface area contributed by atoms with Gasteiger partial charge in [0.05, 0.1) is 17.4 Å². The lowest BCUT2D eigenvalue weighted by Crippen LogP contribution is -2.15. The lowest BCUT2D eigenvalue weighted by Gasteiger charge is -2.09. The molecule has 0 aliphatic heterocycles. The van der Waals surface area contributed by atoms with Crippen LogP contribution in [0.3, 0.4) is 0 Å². The third-order valence-corrected chi connectivity index (χ3v) is 3.18. The van der Waals surface area contributed by atoms with Crippen LogP contribution in [-0.4, -0.2) is 15.4 Å². The van der Waals surface area contributed by atoms with E-state index < -0.39 is 0 Å². The molecule has 0 radical (unpaired) electrons. The van der Waals surface area contributed by atoms with E-state index in [0.29, 0.717) is 6.54 Å². The number of hydrogen-bond donors (Lipinski definition) is 2. The molecule has 2 aromatic carbocycles. The molecular weight excluding hydrogens is 236 g/mol. The highest BCUT2D eigenvalue weighted by molar-refractivity contribution is 5.96. The van der Waals surface area contributed by atoms with Gasteiger partial charge in [-0.25, -0.2) is 4.98 Å². The molecule has 19 heavy (non-hydrogen) atoms. The molecule has 1 aromatic heterocycles. The van der Waals surface area contributed by atoms with Crippen LogP contribution in [0.15, 0.2) is 54.9 Å². The van der Waals surface area contributed by atoms with E-state index in [0.717, 1.165) is 22.2 Å². The standard InChI is InChI=1S/C15H14N4/c16-15(17)12-6-2-1-5-11(12)9-19-10-18-13-7-3-4-8-14(13)19/h1-8,10H,9H2,(H3,16,17). The van der Waals surface area contributed by atoms with Crippen molar-refractivity contribution in [1.29, 1.82) is 5.41 Å². The Labute approximate surface area is 111 Å². The van der Waals surface area contributed by atoms with Crippen LogP contribution in [0, 0.1) is 5.41 Å². The maximum atomic E-state index is 7.62. The molecule has 0 amide bonds. The van der Waals surface area contributed by atoms with E-state index in [9.17, 15) is 0 Å². The first-order valence-corrected chi connectivity index (χ1v) is 6.08. The van der Waals surface area contributed by atoms with Crippen LogP contribution >= 0.6 is 0 Å². The maximum Gasteiger partial charge on any atom is 0.123 e. The van der Waals surface area contributed by atoms with Crippen molar-refractivity contribution in [1.82, 2.24) is 9.55 Å². The van der Waals surface area contributed by atoms with Gasteiger partial charge in [0.25, 0.3) is 0 Å². The zero-order valence-electron chi connectivity index (χ0n) is 10.4. The van der Waals surface area contributed by atoms with Crippen molar-refractivity contribution in [2.24, 2.45) is 5.73 Å². The van der Waals surface area contributed by atoms with E-state index in [-0.39, 0.29) is 5.84 Å². The number of hydrogen-bond acceptors (Lipinski definition) is 2. The van der Waals surface area contributed by atoms with Crippen molar-refractivity contribution in [2.45, 2.75) is 6.54 Å². The lowest BCUT2D eigenvalue weighted by atomic mass is 10.1. The third kappa shape index (κ3) is 2.08. The molecule has 3 rings (SSSR count). The third-order valence-electron chi connectivity index (χ3n) is 3.18. The van der Waals surface area contributed by atoms with E-state index in [1.54, 1.807) is 0 Å². The second kappa shape index (κ2) is 4.57. The number of nitrogen functional groups attached to an aromatic ring is 1. The second-order valence-corrected chi connectivity index (χ2v) is 4.43. The van der Waals surface area contributed by atoms with Crippen molar-refractivity contribution in [3.63, 3.8) is 0 Å². The Kier molecular flexibility index (Phi) is 2.76. The molecule has 1 heterocycles. The van der Waals surface area contributed by atoms with Gasteiger partial charge in [0.1, 0.15) is 5.84 Å². The molecular formula is C15H14N4. The van der Waals surface area contributed by atoms with Crippen molar-refractivity contribution < 1.29 is 0 Å². The first-order chi connectivity index (χ1) is 9.25. The molecule has 0 aliphatic rings. The zero-order valence-corrected chi connectivity index (χ0v) is 10.4. The van der Waals surface area contributed by atoms with Crippen LogP contribution in [0.5, 0.6) is 0 Å². The Morgan fingerprint density at radius 3 is 2.68 bits per heavy atom. The van der Waals surface area contributed by atoms with Crippen molar-refractivity contribution >= 4 is 16.9 Å². The molecule has 0 saturated carbocycles. The molecule has 0 fully saturated rings. The predicted molar refractivity (Wildman–Crippen MR) is 76.3 cm³/mol. The minimum Gasteiger partial charge on any atom is -0.384 e. The average molecular weight is 250 g/mol. The fourth-order valence-electron chi connectivity index (χ4n) is 2.24. The lowest BCUT2D eigenvalue weighted by molar-refractivity contribution is 0.822. The minimum atomic E-state index is 0.0972. The van der Waals surface area contributed by atoms with Gasteiger partial charge in [0, 0.05) is 12.1 Å². The van der Waals surface area contributed by atoms with Crippen LogP contribution < -0.4 is 5.73 Å². The summed E-state index contributed by atoms with van der Waals surface area (Å²) in [6.45, 7) is 0.663. The van der Waals surface area contributed by atoms with Gasteiger partial charge < -0.3 is 10.3 Å². The molecule has 0 unspecified atom stereocenters. The Morgan fingerprint density at radius 1 is 1.11 bits per heavy atom. The quantitative estimate of drug-likeness (QED) is 0.553. The summed E-state index contributed by atoms with van der Waals surface area (Å²) >= 11 is 0. The highest BCUT2D eigenvalue weighted by atomic mass is 15.0. The molecule has 3 aromatic rings. The smallest absolute Gasteiger partial charge is 0.123 e. The number of imidazole rings is 1. The minimum absolute atomic E-state index is 0.0972. The number of rotatable bonds is 3. The van der Waals surface area contributed by atoms with E-state index in [1.807, 2.05) is 54.9 Å². The normalized spacial score (nSPS) is 10.7. The fourth-order valence-corrected chi connectivity index (χ4v) is 2.24. The first-order valence-electron chi connectivity index (χ1n) is 6.08. The molecule has 94 valence electrons. The Morgan fingerprint density at radius 2 is 1.84 bits per heavy atom.